The van der Waals surface area contributed by atoms with Gasteiger partial charge in [-0.2, -0.15) is 0 Å². The predicted octanol–water partition coefficient (Wildman–Crippen LogP) is 4.57. The molecule has 0 aliphatic rings. The molecule has 0 aliphatic heterocycles. The summed E-state index contributed by atoms with van der Waals surface area (Å²) < 4.78 is 5.11. The highest BCUT2D eigenvalue weighted by Crippen LogP contribution is 2.29. The summed E-state index contributed by atoms with van der Waals surface area (Å²) in [6, 6.07) is 13.2. The minimum atomic E-state index is -0.639. The van der Waals surface area contributed by atoms with Gasteiger partial charge >= 0.3 is 0 Å². The van der Waals surface area contributed by atoms with E-state index >= 15 is 0 Å². The Kier molecular flexibility index (Phi) is 4.77. The monoisotopic (exact) mass is 317 g/mol. The molecular weight excluding hydrogens is 298 g/mol. The van der Waals surface area contributed by atoms with Crippen LogP contribution in [0.4, 0.5) is 5.69 Å². The summed E-state index contributed by atoms with van der Waals surface area (Å²) in [6.45, 7) is 5.83. The minimum absolute atomic E-state index is 0.0856. The summed E-state index contributed by atoms with van der Waals surface area (Å²) in [4.78, 5) is 12.6. The van der Waals surface area contributed by atoms with E-state index in [2.05, 4.69) is 5.32 Å². The Morgan fingerprint density at radius 3 is 2.32 bits per heavy atom. The van der Waals surface area contributed by atoms with E-state index in [1.54, 1.807) is 25.3 Å². The average molecular weight is 318 g/mol. The normalized spacial score (nSPS) is 11.1. The van der Waals surface area contributed by atoms with Gasteiger partial charge in [0.15, 0.2) is 0 Å². The number of carbonyl (C=O) groups excluding carboxylic acids is 1. The maximum Gasteiger partial charge on any atom is 0.234 e. The molecule has 4 heteroatoms. The van der Waals surface area contributed by atoms with E-state index in [1.807, 2.05) is 45.0 Å². The van der Waals surface area contributed by atoms with Gasteiger partial charge in [-0.1, -0.05) is 41.4 Å². The van der Waals surface area contributed by atoms with E-state index in [9.17, 15) is 4.79 Å². The van der Waals surface area contributed by atoms with Gasteiger partial charge in [-0.05, 0) is 44.5 Å². The number of methoxy groups -OCH3 is 1. The second kappa shape index (κ2) is 6.41. The smallest absolute Gasteiger partial charge is 0.234 e. The molecule has 0 spiro atoms. The Morgan fingerprint density at radius 1 is 1.14 bits per heavy atom. The third-order valence-corrected chi connectivity index (χ3v) is 4.05. The van der Waals surface area contributed by atoms with Crippen molar-refractivity contribution in [3.63, 3.8) is 0 Å². The molecule has 0 saturated heterocycles. The van der Waals surface area contributed by atoms with Gasteiger partial charge in [0.1, 0.15) is 5.75 Å². The van der Waals surface area contributed by atoms with Crippen molar-refractivity contribution in [2.45, 2.75) is 26.2 Å². The van der Waals surface area contributed by atoms with Gasteiger partial charge < -0.3 is 10.1 Å². The summed E-state index contributed by atoms with van der Waals surface area (Å²) in [5.74, 6) is 0.495. The second-order valence-corrected chi connectivity index (χ2v) is 6.20. The van der Waals surface area contributed by atoms with Gasteiger partial charge in [0.25, 0.3) is 0 Å². The SMILES string of the molecule is COc1ccc(NC(=O)C(C)(C)c2ccc(C)cc2)cc1Cl. The van der Waals surface area contributed by atoms with Gasteiger partial charge in [-0.25, -0.2) is 0 Å². The van der Waals surface area contributed by atoms with Gasteiger partial charge in [-0.3, -0.25) is 4.79 Å². The van der Waals surface area contributed by atoms with Crippen molar-refractivity contribution in [3.05, 3.63) is 58.6 Å². The number of hydrogen-bond donors (Lipinski definition) is 1. The lowest BCUT2D eigenvalue weighted by molar-refractivity contribution is -0.120. The topological polar surface area (TPSA) is 38.3 Å². The first-order valence-electron chi connectivity index (χ1n) is 7.06. The quantitative estimate of drug-likeness (QED) is 0.896. The first kappa shape index (κ1) is 16.4. The van der Waals surface area contributed by atoms with Crippen LogP contribution in [0.5, 0.6) is 5.75 Å². The highest BCUT2D eigenvalue weighted by molar-refractivity contribution is 6.32. The molecular formula is C18H20ClNO2. The van der Waals surface area contributed by atoms with E-state index in [0.717, 1.165) is 5.56 Å². The van der Waals surface area contributed by atoms with Crippen LogP contribution < -0.4 is 10.1 Å². The summed E-state index contributed by atoms with van der Waals surface area (Å²) in [5.41, 5.74) is 2.15. The highest BCUT2D eigenvalue weighted by Gasteiger charge is 2.29. The number of aryl methyl sites for hydroxylation is 1. The number of anilines is 1. The van der Waals surface area contributed by atoms with Crippen LogP contribution in [0.2, 0.25) is 5.02 Å². The molecule has 1 N–H and O–H groups in total. The molecule has 2 rings (SSSR count). The van der Waals surface area contributed by atoms with Crippen LogP contribution in [0.25, 0.3) is 0 Å². The Morgan fingerprint density at radius 2 is 1.77 bits per heavy atom. The van der Waals surface area contributed by atoms with E-state index in [0.29, 0.717) is 16.5 Å². The van der Waals surface area contributed by atoms with Crippen molar-refractivity contribution < 1.29 is 9.53 Å². The standard InChI is InChI=1S/C18H20ClNO2/c1-12-5-7-13(8-6-12)18(2,3)17(21)20-14-9-10-16(22-4)15(19)11-14/h5-11H,1-4H3,(H,20,21). The summed E-state index contributed by atoms with van der Waals surface area (Å²) in [5, 5.41) is 3.37. The van der Waals surface area contributed by atoms with E-state index in [1.165, 1.54) is 5.56 Å². The predicted molar refractivity (Wildman–Crippen MR) is 90.8 cm³/mol. The fourth-order valence-corrected chi connectivity index (χ4v) is 2.39. The van der Waals surface area contributed by atoms with Crippen LogP contribution >= 0.6 is 11.6 Å². The Bertz CT molecular complexity index is 678. The molecule has 0 aromatic heterocycles. The number of nitrogens with one attached hydrogen (secondary N) is 1. The minimum Gasteiger partial charge on any atom is -0.495 e. The fraction of sp³-hybridized carbons (Fsp3) is 0.278. The van der Waals surface area contributed by atoms with E-state index in [-0.39, 0.29) is 5.91 Å². The van der Waals surface area contributed by atoms with Crippen molar-refractivity contribution in [1.29, 1.82) is 0 Å². The number of hydrogen-bond acceptors (Lipinski definition) is 2. The zero-order valence-corrected chi connectivity index (χ0v) is 14.0. The number of ether oxygens (including phenoxy) is 1. The van der Waals surface area contributed by atoms with Crippen molar-refractivity contribution in [2.75, 3.05) is 12.4 Å². The van der Waals surface area contributed by atoms with Crippen LogP contribution in [-0.2, 0) is 10.2 Å². The number of rotatable bonds is 4. The molecule has 0 saturated carbocycles. The molecule has 116 valence electrons. The summed E-state index contributed by atoms with van der Waals surface area (Å²) in [7, 11) is 1.56. The number of carbonyl (C=O) groups is 1. The lowest BCUT2D eigenvalue weighted by Crippen LogP contribution is -2.34. The van der Waals surface area contributed by atoms with Crippen LogP contribution in [0.3, 0.4) is 0 Å². The molecule has 0 bridgehead atoms. The Hall–Kier alpha value is -2.00. The van der Waals surface area contributed by atoms with Crippen LogP contribution in [0, 0.1) is 6.92 Å². The third-order valence-electron chi connectivity index (χ3n) is 3.75. The summed E-state index contributed by atoms with van der Waals surface area (Å²) in [6.07, 6.45) is 0. The van der Waals surface area contributed by atoms with Crippen molar-refractivity contribution in [1.82, 2.24) is 0 Å². The molecule has 0 heterocycles. The lowest BCUT2D eigenvalue weighted by atomic mass is 9.83. The lowest BCUT2D eigenvalue weighted by Gasteiger charge is -2.24. The molecule has 0 atom stereocenters. The van der Waals surface area contributed by atoms with Crippen LogP contribution in [0.1, 0.15) is 25.0 Å². The highest BCUT2D eigenvalue weighted by atomic mass is 35.5. The number of halogens is 1. The molecule has 22 heavy (non-hydrogen) atoms. The molecule has 3 nitrogen and oxygen atoms in total. The molecule has 0 radical (unpaired) electrons. The Balaban J connectivity index is 2.20. The van der Waals surface area contributed by atoms with E-state index < -0.39 is 5.41 Å². The molecule has 2 aromatic carbocycles. The zero-order valence-electron chi connectivity index (χ0n) is 13.2. The van der Waals surface area contributed by atoms with Crippen molar-refractivity contribution >= 4 is 23.2 Å². The van der Waals surface area contributed by atoms with E-state index in [4.69, 9.17) is 16.3 Å². The van der Waals surface area contributed by atoms with Gasteiger partial charge in [-0.15, -0.1) is 0 Å². The molecule has 1 amide bonds. The average Bonchev–Trinajstić information content (AvgIpc) is 2.48. The molecule has 0 unspecified atom stereocenters. The van der Waals surface area contributed by atoms with Crippen LogP contribution in [0.15, 0.2) is 42.5 Å². The molecule has 2 aromatic rings. The first-order valence-corrected chi connectivity index (χ1v) is 7.44. The zero-order chi connectivity index (χ0) is 16.3. The number of benzene rings is 2. The third kappa shape index (κ3) is 3.42. The van der Waals surface area contributed by atoms with Crippen LogP contribution in [-0.4, -0.2) is 13.0 Å². The Labute approximate surface area is 136 Å². The second-order valence-electron chi connectivity index (χ2n) is 5.79. The first-order chi connectivity index (χ1) is 10.3. The van der Waals surface area contributed by atoms with Gasteiger partial charge in [0, 0.05) is 5.69 Å². The maximum atomic E-state index is 12.6. The van der Waals surface area contributed by atoms with Gasteiger partial charge in [0.2, 0.25) is 5.91 Å². The number of amides is 1. The fourth-order valence-electron chi connectivity index (χ4n) is 2.13. The largest absolute Gasteiger partial charge is 0.495 e. The molecule has 0 aliphatic carbocycles. The molecule has 0 fully saturated rings. The van der Waals surface area contributed by atoms with Gasteiger partial charge in [0.05, 0.1) is 17.5 Å². The maximum absolute atomic E-state index is 12.6. The van der Waals surface area contributed by atoms with Crippen molar-refractivity contribution in [2.24, 2.45) is 0 Å². The summed E-state index contributed by atoms with van der Waals surface area (Å²) >= 11 is 6.09. The van der Waals surface area contributed by atoms with Crippen molar-refractivity contribution in [3.8, 4) is 5.75 Å².